The van der Waals surface area contributed by atoms with E-state index in [9.17, 15) is 9.59 Å². The van der Waals surface area contributed by atoms with Gasteiger partial charge in [0.25, 0.3) is 5.91 Å². The van der Waals surface area contributed by atoms with Crippen molar-refractivity contribution in [2.45, 2.75) is 45.9 Å². The Hall–Kier alpha value is -1.88. The Balaban J connectivity index is 2.63. The predicted octanol–water partition coefficient (Wildman–Crippen LogP) is 2.20. The summed E-state index contributed by atoms with van der Waals surface area (Å²) in [4.78, 5) is 22.8. The van der Waals surface area contributed by atoms with E-state index >= 15 is 0 Å². The van der Waals surface area contributed by atoms with E-state index in [1.54, 1.807) is 31.2 Å². The van der Waals surface area contributed by atoms with Crippen LogP contribution in [-0.2, 0) is 16.1 Å². The van der Waals surface area contributed by atoms with Crippen LogP contribution in [0.5, 0.6) is 0 Å². The number of aliphatic carboxylic acids is 1. The molecule has 2 N–H and O–H groups in total. The van der Waals surface area contributed by atoms with Crippen LogP contribution in [0.15, 0.2) is 24.3 Å². The van der Waals surface area contributed by atoms with Crippen molar-refractivity contribution in [3.8, 4) is 0 Å². The molecule has 1 rings (SSSR count). The first-order valence-electron chi connectivity index (χ1n) is 6.68. The fourth-order valence-electron chi connectivity index (χ4n) is 1.60. The first kappa shape index (κ1) is 16.2. The predicted molar refractivity (Wildman–Crippen MR) is 75.5 cm³/mol. The lowest BCUT2D eigenvalue weighted by Crippen LogP contribution is -2.40. The molecule has 0 heterocycles. The molecule has 1 atom stereocenters. The Morgan fingerprint density at radius 3 is 2.30 bits per heavy atom. The summed E-state index contributed by atoms with van der Waals surface area (Å²) in [5.74, 6) is -1.40. The number of carboxylic acids is 1. The van der Waals surface area contributed by atoms with Crippen LogP contribution >= 0.6 is 0 Å². The summed E-state index contributed by atoms with van der Waals surface area (Å²) in [7, 11) is 0. The van der Waals surface area contributed by atoms with Gasteiger partial charge in [0.15, 0.2) is 0 Å². The van der Waals surface area contributed by atoms with Gasteiger partial charge in [0, 0.05) is 5.56 Å². The lowest BCUT2D eigenvalue weighted by Gasteiger charge is -2.12. The fraction of sp³-hybridized carbons (Fsp3) is 0.467. The zero-order valence-electron chi connectivity index (χ0n) is 12.1. The number of carbonyl (C=O) groups excluding carboxylic acids is 1. The van der Waals surface area contributed by atoms with Gasteiger partial charge in [0.05, 0.1) is 12.7 Å². The van der Waals surface area contributed by atoms with Gasteiger partial charge < -0.3 is 15.2 Å². The van der Waals surface area contributed by atoms with Crippen molar-refractivity contribution in [2.24, 2.45) is 0 Å². The Kier molecular flexibility index (Phi) is 6.18. The molecule has 0 aliphatic rings. The number of benzene rings is 1. The SMILES string of the molecule is CCC(NC(=O)c1ccc(COC(C)C)cc1)C(=O)O. The Morgan fingerprint density at radius 2 is 1.85 bits per heavy atom. The summed E-state index contributed by atoms with van der Waals surface area (Å²) < 4.78 is 5.46. The van der Waals surface area contributed by atoms with Crippen LogP contribution in [-0.4, -0.2) is 29.1 Å². The number of hydrogen-bond donors (Lipinski definition) is 2. The van der Waals surface area contributed by atoms with Crippen LogP contribution in [0.2, 0.25) is 0 Å². The van der Waals surface area contributed by atoms with Crippen molar-refractivity contribution >= 4 is 11.9 Å². The highest BCUT2D eigenvalue weighted by Gasteiger charge is 2.18. The summed E-state index contributed by atoms with van der Waals surface area (Å²) in [5.41, 5.74) is 1.42. The number of carbonyl (C=O) groups is 2. The molecule has 0 spiro atoms. The number of rotatable bonds is 7. The van der Waals surface area contributed by atoms with E-state index < -0.39 is 12.0 Å². The van der Waals surface area contributed by atoms with E-state index in [-0.39, 0.29) is 12.0 Å². The molecule has 0 saturated carbocycles. The van der Waals surface area contributed by atoms with Crippen molar-refractivity contribution in [3.63, 3.8) is 0 Å². The molecular formula is C15H21NO4. The highest BCUT2D eigenvalue weighted by molar-refractivity contribution is 5.96. The van der Waals surface area contributed by atoms with Crippen molar-refractivity contribution in [2.75, 3.05) is 0 Å². The molecule has 1 aromatic carbocycles. The van der Waals surface area contributed by atoms with Crippen LogP contribution in [0.4, 0.5) is 0 Å². The van der Waals surface area contributed by atoms with Gasteiger partial charge in [0.2, 0.25) is 0 Å². The van der Waals surface area contributed by atoms with Gasteiger partial charge in [0.1, 0.15) is 6.04 Å². The second-order valence-corrected chi connectivity index (χ2v) is 4.83. The zero-order chi connectivity index (χ0) is 15.1. The van der Waals surface area contributed by atoms with Crippen LogP contribution in [0.3, 0.4) is 0 Å². The minimum atomic E-state index is -1.03. The topological polar surface area (TPSA) is 75.6 Å². The van der Waals surface area contributed by atoms with E-state index in [4.69, 9.17) is 9.84 Å². The molecule has 0 saturated heterocycles. The number of hydrogen-bond acceptors (Lipinski definition) is 3. The molecule has 1 unspecified atom stereocenters. The molecule has 1 aromatic rings. The summed E-state index contributed by atoms with van der Waals surface area (Å²) in [6.45, 7) is 6.12. The molecule has 1 amide bonds. The molecule has 20 heavy (non-hydrogen) atoms. The number of ether oxygens (including phenoxy) is 1. The maximum atomic E-state index is 11.9. The van der Waals surface area contributed by atoms with Crippen LogP contribution < -0.4 is 5.32 Å². The molecule has 0 bridgehead atoms. The van der Waals surface area contributed by atoms with E-state index in [1.807, 2.05) is 13.8 Å². The molecule has 0 aliphatic carbocycles. The van der Waals surface area contributed by atoms with Crippen molar-refractivity contribution in [1.29, 1.82) is 0 Å². The highest BCUT2D eigenvalue weighted by atomic mass is 16.5. The zero-order valence-corrected chi connectivity index (χ0v) is 12.1. The van der Waals surface area contributed by atoms with Crippen molar-refractivity contribution in [3.05, 3.63) is 35.4 Å². The smallest absolute Gasteiger partial charge is 0.326 e. The first-order chi connectivity index (χ1) is 9.43. The molecule has 0 radical (unpaired) electrons. The van der Waals surface area contributed by atoms with Crippen LogP contribution in [0, 0.1) is 0 Å². The van der Waals surface area contributed by atoms with Gasteiger partial charge in [-0.2, -0.15) is 0 Å². The molecular weight excluding hydrogens is 258 g/mol. The van der Waals surface area contributed by atoms with Gasteiger partial charge in [-0.25, -0.2) is 4.79 Å². The summed E-state index contributed by atoms with van der Waals surface area (Å²) in [5, 5.41) is 11.4. The average Bonchev–Trinajstić information content (AvgIpc) is 2.42. The maximum Gasteiger partial charge on any atom is 0.326 e. The standard InChI is InChI=1S/C15H21NO4/c1-4-13(15(18)19)16-14(17)12-7-5-11(6-8-12)9-20-10(2)3/h5-8,10,13H,4,9H2,1-3H3,(H,16,17)(H,18,19). The fourth-order valence-corrected chi connectivity index (χ4v) is 1.60. The second kappa shape index (κ2) is 7.65. The lowest BCUT2D eigenvalue weighted by molar-refractivity contribution is -0.139. The minimum Gasteiger partial charge on any atom is -0.480 e. The second-order valence-electron chi connectivity index (χ2n) is 4.83. The third-order valence-electron chi connectivity index (χ3n) is 2.81. The summed E-state index contributed by atoms with van der Waals surface area (Å²) >= 11 is 0. The normalized spacial score (nSPS) is 12.2. The lowest BCUT2D eigenvalue weighted by atomic mass is 10.1. The molecule has 5 heteroatoms. The number of nitrogens with one attached hydrogen (secondary N) is 1. The average molecular weight is 279 g/mol. The summed E-state index contributed by atoms with van der Waals surface area (Å²) in [6.07, 6.45) is 0.500. The first-order valence-corrected chi connectivity index (χ1v) is 6.68. The van der Waals surface area contributed by atoms with Crippen LogP contribution in [0.25, 0.3) is 0 Å². The van der Waals surface area contributed by atoms with Crippen LogP contribution in [0.1, 0.15) is 43.1 Å². The van der Waals surface area contributed by atoms with Gasteiger partial charge in [-0.05, 0) is 38.0 Å². The third-order valence-corrected chi connectivity index (χ3v) is 2.81. The quantitative estimate of drug-likeness (QED) is 0.802. The van der Waals surface area contributed by atoms with Gasteiger partial charge in [-0.1, -0.05) is 19.1 Å². The highest BCUT2D eigenvalue weighted by Crippen LogP contribution is 2.07. The van der Waals surface area contributed by atoms with Crippen molar-refractivity contribution < 1.29 is 19.4 Å². The Labute approximate surface area is 118 Å². The molecule has 110 valence electrons. The number of carboxylic acid groups (broad SMARTS) is 1. The Bertz CT molecular complexity index is 453. The van der Waals surface area contributed by atoms with E-state index in [2.05, 4.69) is 5.32 Å². The summed E-state index contributed by atoms with van der Waals surface area (Å²) in [6, 6.07) is 6.09. The van der Waals surface area contributed by atoms with Gasteiger partial charge in [-0.15, -0.1) is 0 Å². The third kappa shape index (κ3) is 5.01. The van der Waals surface area contributed by atoms with E-state index in [1.165, 1.54) is 0 Å². The minimum absolute atomic E-state index is 0.152. The van der Waals surface area contributed by atoms with Crippen molar-refractivity contribution in [1.82, 2.24) is 5.32 Å². The monoisotopic (exact) mass is 279 g/mol. The van der Waals surface area contributed by atoms with E-state index in [0.29, 0.717) is 18.6 Å². The maximum absolute atomic E-state index is 11.9. The van der Waals surface area contributed by atoms with Gasteiger partial charge >= 0.3 is 5.97 Å². The molecule has 5 nitrogen and oxygen atoms in total. The molecule has 0 fully saturated rings. The number of amides is 1. The van der Waals surface area contributed by atoms with E-state index in [0.717, 1.165) is 5.56 Å². The Morgan fingerprint density at radius 1 is 1.25 bits per heavy atom. The van der Waals surface area contributed by atoms with Gasteiger partial charge in [-0.3, -0.25) is 4.79 Å². The molecule has 0 aromatic heterocycles. The largest absolute Gasteiger partial charge is 0.480 e. The molecule has 0 aliphatic heterocycles.